The van der Waals surface area contributed by atoms with Gasteiger partial charge >= 0.3 is 6.18 Å². The lowest BCUT2D eigenvalue weighted by Crippen LogP contribution is -2.16. The van der Waals surface area contributed by atoms with Crippen molar-refractivity contribution in [2.75, 3.05) is 0 Å². The van der Waals surface area contributed by atoms with Gasteiger partial charge in [0.1, 0.15) is 5.67 Å². The van der Waals surface area contributed by atoms with Crippen LogP contribution >= 0.6 is 0 Å². The molecule has 0 amide bonds. The predicted octanol–water partition coefficient (Wildman–Crippen LogP) is 5.42. The van der Waals surface area contributed by atoms with Crippen molar-refractivity contribution in [1.82, 2.24) is 0 Å². The van der Waals surface area contributed by atoms with E-state index in [0.29, 0.717) is 32.1 Å². The van der Waals surface area contributed by atoms with Gasteiger partial charge in [0.15, 0.2) is 0 Å². The summed E-state index contributed by atoms with van der Waals surface area (Å²) in [5.74, 6) is 0. The molecule has 0 saturated heterocycles. The van der Waals surface area contributed by atoms with Gasteiger partial charge in [-0.05, 0) is 26.2 Å². The standard InChI is InChI=1S/C12H22F4/c1-3-8-11(2,13)9-6-4-5-7-10-12(14,15)16/h3-10H2,1-2H3. The zero-order valence-electron chi connectivity index (χ0n) is 10.2. The molecule has 0 aliphatic heterocycles. The summed E-state index contributed by atoms with van der Waals surface area (Å²) in [7, 11) is 0. The maximum atomic E-state index is 13.6. The number of halogens is 4. The summed E-state index contributed by atoms with van der Waals surface area (Å²) in [6.45, 7) is 3.51. The summed E-state index contributed by atoms with van der Waals surface area (Å²) >= 11 is 0. The van der Waals surface area contributed by atoms with Gasteiger partial charge in [-0.15, -0.1) is 0 Å². The highest BCUT2D eigenvalue weighted by Gasteiger charge is 2.26. The molecular formula is C12H22F4. The van der Waals surface area contributed by atoms with Gasteiger partial charge in [-0.1, -0.05) is 32.6 Å². The fourth-order valence-corrected chi connectivity index (χ4v) is 1.82. The Morgan fingerprint density at radius 3 is 1.69 bits per heavy atom. The van der Waals surface area contributed by atoms with Crippen LogP contribution in [0.4, 0.5) is 17.6 Å². The highest BCUT2D eigenvalue weighted by molar-refractivity contribution is 4.72. The minimum atomic E-state index is -4.04. The fourth-order valence-electron chi connectivity index (χ4n) is 1.82. The van der Waals surface area contributed by atoms with Gasteiger partial charge < -0.3 is 0 Å². The summed E-state index contributed by atoms with van der Waals surface area (Å²) in [5, 5.41) is 0. The second-order valence-corrected chi connectivity index (χ2v) is 4.69. The lowest BCUT2D eigenvalue weighted by Gasteiger charge is -2.19. The molecule has 0 aromatic rings. The minimum absolute atomic E-state index is 0.167. The highest BCUT2D eigenvalue weighted by Crippen LogP contribution is 2.26. The number of unbranched alkanes of at least 4 members (excludes halogenated alkanes) is 3. The Morgan fingerprint density at radius 2 is 1.25 bits per heavy atom. The van der Waals surface area contributed by atoms with Crippen molar-refractivity contribution >= 4 is 0 Å². The average Bonchev–Trinajstić information content (AvgIpc) is 2.09. The van der Waals surface area contributed by atoms with E-state index in [9.17, 15) is 17.6 Å². The van der Waals surface area contributed by atoms with Gasteiger partial charge in [0.25, 0.3) is 0 Å². The first-order chi connectivity index (χ1) is 7.27. The molecule has 4 heteroatoms. The Kier molecular flexibility index (Phi) is 7.00. The van der Waals surface area contributed by atoms with Crippen molar-refractivity contribution in [2.45, 2.75) is 77.1 Å². The van der Waals surface area contributed by atoms with Crippen molar-refractivity contribution in [3.63, 3.8) is 0 Å². The third-order valence-corrected chi connectivity index (χ3v) is 2.68. The number of rotatable bonds is 8. The van der Waals surface area contributed by atoms with Gasteiger partial charge in [0, 0.05) is 6.42 Å². The van der Waals surface area contributed by atoms with E-state index in [1.807, 2.05) is 6.92 Å². The molecule has 1 atom stereocenters. The first-order valence-corrected chi connectivity index (χ1v) is 6.02. The maximum Gasteiger partial charge on any atom is 0.389 e. The van der Waals surface area contributed by atoms with E-state index in [-0.39, 0.29) is 6.42 Å². The summed E-state index contributed by atoms with van der Waals surface area (Å²) < 4.78 is 49.0. The van der Waals surface area contributed by atoms with Crippen molar-refractivity contribution in [3.05, 3.63) is 0 Å². The topological polar surface area (TPSA) is 0 Å². The molecule has 0 saturated carbocycles. The lowest BCUT2D eigenvalue weighted by atomic mass is 9.95. The molecule has 0 aliphatic rings. The Labute approximate surface area is 95.4 Å². The van der Waals surface area contributed by atoms with E-state index < -0.39 is 18.3 Å². The molecule has 0 bridgehead atoms. The Bertz CT molecular complexity index is 172. The fraction of sp³-hybridized carbons (Fsp3) is 1.00. The lowest BCUT2D eigenvalue weighted by molar-refractivity contribution is -0.135. The van der Waals surface area contributed by atoms with E-state index in [1.54, 1.807) is 6.92 Å². The minimum Gasteiger partial charge on any atom is -0.244 e. The van der Waals surface area contributed by atoms with Crippen LogP contribution in [0.5, 0.6) is 0 Å². The number of hydrogen-bond acceptors (Lipinski definition) is 0. The van der Waals surface area contributed by atoms with Gasteiger partial charge in [0.2, 0.25) is 0 Å². The van der Waals surface area contributed by atoms with Crippen LogP contribution in [0.3, 0.4) is 0 Å². The van der Waals surface area contributed by atoms with Crippen LogP contribution in [0, 0.1) is 0 Å². The van der Waals surface area contributed by atoms with E-state index >= 15 is 0 Å². The molecule has 16 heavy (non-hydrogen) atoms. The summed E-state index contributed by atoms with van der Waals surface area (Å²) in [5.41, 5.74) is -1.14. The second kappa shape index (κ2) is 7.13. The monoisotopic (exact) mass is 242 g/mol. The Hall–Kier alpha value is -0.280. The smallest absolute Gasteiger partial charge is 0.244 e. The van der Waals surface area contributed by atoms with E-state index in [4.69, 9.17) is 0 Å². The molecule has 0 aromatic carbocycles. The third-order valence-electron chi connectivity index (χ3n) is 2.68. The van der Waals surface area contributed by atoms with Crippen LogP contribution in [0.2, 0.25) is 0 Å². The molecule has 98 valence electrons. The normalized spacial score (nSPS) is 16.1. The predicted molar refractivity (Wildman–Crippen MR) is 58.2 cm³/mol. The van der Waals surface area contributed by atoms with Crippen LogP contribution < -0.4 is 0 Å². The van der Waals surface area contributed by atoms with Crippen LogP contribution in [-0.4, -0.2) is 11.8 Å². The number of hydrogen-bond donors (Lipinski definition) is 0. The summed E-state index contributed by atoms with van der Waals surface area (Å²) in [6, 6.07) is 0. The van der Waals surface area contributed by atoms with Gasteiger partial charge in [-0.25, -0.2) is 4.39 Å². The quantitative estimate of drug-likeness (QED) is 0.394. The SMILES string of the molecule is CCCC(C)(F)CCCCCCC(F)(F)F. The molecule has 0 aliphatic carbocycles. The molecule has 0 fully saturated rings. The Balaban J connectivity index is 3.40. The van der Waals surface area contributed by atoms with Gasteiger partial charge in [-0.2, -0.15) is 13.2 Å². The largest absolute Gasteiger partial charge is 0.389 e. The second-order valence-electron chi connectivity index (χ2n) is 4.69. The Morgan fingerprint density at radius 1 is 0.750 bits per heavy atom. The van der Waals surface area contributed by atoms with Crippen LogP contribution in [0.15, 0.2) is 0 Å². The molecule has 0 heterocycles. The van der Waals surface area contributed by atoms with Gasteiger partial charge in [-0.3, -0.25) is 0 Å². The molecule has 0 spiro atoms. The van der Waals surface area contributed by atoms with Crippen molar-refractivity contribution in [3.8, 4) is 0 Å². The van der Waals surface area contributed by atoms with Crippen LogP contribution in [0.25, 0.3) is 0 Å². The first kappa shape index (κ1) is 15.7. The first-order valence-electron chi connectivity index (χ1n) is 6.02. The highest BCUT2D eigenvalue weighted by atomic mass is 19.4. The van der Waals surface area contributed by atoms with E-state index in [1.165, 1.54) is 0 Å². The molecular weight excluding hydrogens is 220 g/mol. The molecule has 0 nitrogen and oxygen atoms in total. The van der Waals surface area contributed by atoms with Gasteiger partial charge in [0.05, 0.1) is 0 Å². The summed E-state index contributed by atoms with van der Waals surface area (Å²) in [4.78, 5) is 0. The zero-order chi connectivity index (χ0) is 12.7. The summed E-state index contributed by atoms with van der Waals surface area (Å²) in [6.07, 6.45) is -0.860. The van der Waals surface area contributed by atoms with Crippen molar-refractivity contribution in [2.24, 2.45) is 0 Å². The third kappa shape index (κ3) is 10.2. The molecule has 1 unspecified atom stereocenters. The van der Waals surface area contributed by atoms with Crippen molar-refractivity contribution < 1.29 is 17.6 Å². The molecule has 0 aromatic heterocycles. The van der Waals surface area contributed by atoms with Crippen molar-refractivity contribution in [1.29, 1.82) is 0 Å². The average molecular weight is 242 g/mol. The molecule has 0 radical (unpaired) electrons. The van der Waals surface area contributed by atoms with E-state index in [2.05, 4.69) is 0 Å². The van der Waals surface area contributed by atoms with Crippen LogP contribution in [0.1, 0.15) is 65.2 Å². The molecule has 0 N–H and O–H groups in total. The van der Waals surface area contributed by atoms with E-state index in [0.717, 1.165) is 6.42 Å². The molecule has 0 rings (SSSR count). The zero-order valence-corrected chi connectivity index (χ0v) is 10.2. The van der Waals surface area contributed by atoms with Crippen LogP contribution in [-0.2, 0) is 0 Å². The maximum absolute atomic E-state index is 13.6. The number of alkyl halides is 4.